The van der Waals surface area contributed by atoms with Crippen LogP contribution in [0.1, 0.15) is 20.8 Å². The quantitative estimate of drug-likeness (QED) is 0.528. The summed E-state index contributed by atoms with van der Waals surface area (Å²) in [6, 6.07) is 0. The topological polar surface area (TPSA) is 112 Å². The molecule has 12 nitrogen and oxygen atoms in total. The van der Waals surface area contributed by atoms with Crippen molar-refractivity contribution in [2.24, 2.45) is 20.0 Å². The van der Waals surface area contributed by atoms with Crippen LogP contribution in [0.15, 0.2) is 25.5 Å². The zero-order chi connectivity index (χ0) is 22.8. The predicted molar refractivity (Wildman–Crippen MR) is 117 cm³/mol. The fraction of sp³-hybridized carbons (Fsp3) is 0.526. The molecule has 0 fully saturated rings. The van der Waals surface area contributed by atoms with Crippen LogP contribution in [0, 0.1) is 5.92 Å². The Hall–Kier alpha value is -3.57. The fourth-order valence-corrected chi connectivity index (χ4v) is 4.12. The van der Waals surface area contributed by atoms with Gasteiger partial charge < -0.3 is 4.90 Å². The molecule has 4 rings (SSSR count). The van der Waals surface area contributed by atoms with Crippen LogP contribution in [0.3, 0.4) is 0 Å². The van der Waals surface area contributed by atoms with Crippen molar-refractivity contribution in [2.75, 3.05) is 23.6 Å². The molecule has 166 valence electrons. The smallest absolute Gasteiger partial charge is 0.332 e. The highest BCUT2D eigenvalue weighted by Crippen LogP contribution is 2.31. The second kappa shape index (κ2) is 7.00. The molecular weight excluding hydrogens is 404 g/mol. The summed E-state index contributed by atoms with van der Waals surface area (Å²) >= 11 is 0. The van der Waals surface area contributed by atoms with Crippen molar-refractivity contribution in [1.29, 1.82) is 0 Å². The monoisotopic (exact) mass is 430 g/mol. The van der Waals surface area contributed by atoms with Gasteiger partial charge in [-0.1, -0.05) is 13.8 Å². The molecule has 0 radical (unpaired) electrons. The Balaban J connectivity index is 2.08. The molecule has 0 unspecified atom stereocenters. The number of nitrogens with zero attached hydrogens (tertiary/aromatic N) is 8. The summed E-state index contributed by atoms with van der Waals surface area (Å²) in [4.78, 5) is 57.4. The van der Waals surface area contributed by atoms with E-state index in [2.05, 4.69) is 4.98 Å². The first-order chi connectivity index (χ1) is 14.6. The van der Waals surface area contributed by atoms with Crippen molar-refractivity contribution in [3.63, 3.8) is 0 Å². The number of aromatic nitrogens is 6. The number of fused-ring (bicyclic) bond motifs is 2. The third-order valence-corrected chi connectivity index (χ3v) is 5.60. The Bertz CT molecular complexity index is 1430. The summed E-state index contributed by atoms with van der Waals surface area (Å²) in [5, 5.41) is 1.68. The molecule has 0 aliphatic carbocycles. The minimum atomic E-state index is -0.498. The first-order valence-electron chi connectivity index (χ1n) is 10.1. The minimum absolute atomic E-state index is 0.136. The summed E-state index contributed by atoms with van der Waals surface area (Å²) in [5.74, 6) is 0.516. The highest BCUT2D eigenvalue weighted by atomic mass is 16.2. The van der Waals surface area contributed by atoms with E-state index in [-0.39, 0.29) is 30.2 Å². The van der Waals surface area contributed by atoms with E-state index in [1.807, 2.05) is 13.8 Å². The van der Waals surface area contributed by atoms with Crippen LogP contribution in [0.4, 0.5) is 11.5 Å². The molecular formula is C19H26N8O4. The molecule has 0 spiro atoms. The Kier molecular flexibility index (Phi) is 4.67. The van der Waals surface area contributed by atoms with Gasteiger partial charge in [0.2, 0.25) is 0 Å². The molecule has 0 N–H and O–H groups in total. The van der Waals surface area contributed by atoms with Gasteiger partial charge in [-0.2, -0.15) is 0 Å². The molecule has 12 heteroatoms. The standard InChI is InChI=1S/C19H26N8O4/c1-7-24-17(29)13-15(22(5)18(24)30)27(10-21(13)4)26-9-20-12-14(26)25(8-11(2)3)19(31)23(6)16(12)28/h9,11H,7-8,10H2,1-6H3. The zero-order valence-electron chi connectivity index (χ0n) is 18.5. The average Bonchev–Trinajstić information content (AvgIpc) is 3.29. The summed E-state index contributed by atoms with van der Waals surface area (Å²) in [7, 11) is 4.78. The lowest BCUT2D eigenvalue weighted by atomic mass is 10.2. The Morgan fingerprint density at radius 1 is 0.968 bits per heavy atom. The summed E-state index contributed by atoms with van der Waals surface area (Å²) in [6.07, 6.45) is 1.45. The van der Waals surface area contributed by atoms with Crippen LogP contribution in [-0.4, -0.2) is 41.6 Å². The van der Waals surface area contributed by atoms with Gasteiger partial charge in [0.25, 0.3) is 11.1 Å². The first-order valence-corrected chi connectivity index (χ1v) is 10.1. The Morgan fingerprint density at radius 3 is 2.23 bits per heavy atom. The molecule has 3 aromatic heterocycles. The van der Waals surface area contributed by atoms with Gasteiger partial charge >= 0.3 is 11.4 Å². The molecule has 1 aliphatic rings. The predicted octanol–water partition coefficient (Wildman–Crippen LogP) is -0.890. The lowest BCUT2D eigenvalue weighted by Gasteiger charge is -2.23. The normalized spacial score (nSPS) is 13.6. The van der Waals surface area contributed by atoms with Crippen molar-refractivity contribution >= 4 is 22.7 Å². The van der Waals surface area contributed by atoms with Gasteiger partial charge in [-0.05, 0) is 12.8 Å². The highest BCUT2D eigenvalue weighted by Gasteiger charge is 2.34. The molecule has 0 atom stereocenters. The lowest BCUT2D eigenvalue weighted by molar-refractivity contribution is 0.493. The molecule has 0 amide bonds. The zero-order valence-corrected chi connectivity index (χ0v) is 18.5. The number of hydrogen-bond acceptors (Lipinski definition) is 7. The van der Waals surface area contributed by atoms with Crippen LogP contribution in [0.25, 0.3) is 11.2 Å². The number of imidazole rings is 1. The number of anilines is 2. The van der Waals surface area contributed by atoms with E-state index in [9.17, 15) is 19.2 Å². The van der Waals surface area contributed by atoms with E-state index in [0.29, 0.717) is 23.7 Å². The highest BCUT2D eigenvalue weighted by molar-refractivity contribution is 5.76. The molecule has 0 aromatic carbocycles. The molecule has 4 heterocycles. The minimum Gasteiger partial charge on any atom is -0.348 e. The van der Waals surface area contributed by atoms with Gasteiger partial charge in [-0.3, -0.25) is 27.9 Å². The molecule has 3 aromatic rings. The van der Waals surface area contributed by atoms with Gasteiger partial charge in [0.15, 0.2) is 17.0 Å². The Labute approximate surface area is 176 Å². The van der Waals surface area contributed by atoms with Crippen molar-refractivity contribution in [3.05, 3.63) is 48.0 Å². The van der Waals surface area contributed by atoms with Crippen LogP contribution in [-0.2, 0) is 27.2 Å². The Morgan fingerprint density at radius 2 is 1.61 bits per heavy atom. The molecule has 0 saturated heterocycles. The summed E-state index contributed by atoms with van der Waals surface area (Å²) < 4.78 is 6.72. The van der Waals surface area contributed by atoms with E-state index in [1.165, 1.54) is 27.1 Å². The average molecular weight is 430 g/mol. The second-order valence-corrected chi connectivity index (χ2v) is 8.21. The first kappa shape index (κ1) is 20.7. The molecule has 0 saturated carbocycles. The van der Waals surface area contributed by atoms with Crippen molar-refractivity contribution in [1.82, 2.24) is 27.9 Å². The van der Waals surface area contributed by atoms with Crippen LogP contribution < -0.4 is 32.4 Å². The van der Waals surface area contributed by atoms with Crippen LogP contribution in [0.5, 0.6) is 0 Å². The number of hydrogen-bond donors (Lipinski definition) is 0. The van der Waals surface area contributed by atoms with E-state index in [0.717, 1.165) is 4.57 Å². The van der Waals surface area contributed by atoms with E-state index < -0.39 is 16.9 Å². The maximum Gasteiger partial charge on any atom is 0.332 e. The summed E-state index contributed by atoms with van der Waals surface area (Å²) in [5.41, 5.74) is -0.928. The molecule has 0 bridgehead atoms. The maximum atomic E-state index is 13.0. The third-order valence-electron chi connectivity index (χ3n) is 5.60. The number of rotatable bonds is 4. The van der Waals surface area contributed by atoms with Crippen molar-refractivity contribution < 1.29 is 0 Å². The summed E-state index contributed by atoms with van der Waals surface area (Å²) in [6.45, 7) is 6.56. The van der Waals surface area contributed by atoms with Crippen LogP contribution in [0.2, 0.25) is 0 Å². The lowest BCUT2D eigenvalue weighted by Crippen LogP contribution is -2.42. The van der Waals surface area contributed by atoms with Gasteiger partial charge in [-0.25, -0.2) is 24.3 Å². The second-order valence-electron chi connectivity index (χ2n) is 8.21. The fourth-order valence-electron chi connectivity index (χ4n) is 4.12. The van der Waals surface area contributed by atoms with Crippen molar-refractivity contribution in [3.8, 4) is 0 Å². The van der Waals surface area contributed by atoms with E-state index in [1.54, 1.807) is 35.6 Å². The third kappa shape index (κ3) is 2.77. The van der Waals surface area contributed by atoms with Crippen molar-refractivity contribution in [2.45, 2.75) is 33.9 Å². The molecule has 1 aliphatic heterocycles. The van der Waals surface area contributed by atoms with Gasteiger partial charge in [0.05, 0.1) is 0 Å². The van der Waals surface area contributed by atoms with Gasteiger partial charge in [0.1, 0.15) is 18.7 Å². The van der Waals surface area contributed by atoms with Gasteiger partial charge in [-0.15, -0.1) is 0 Å². The van der Waals surface area contributed by atoms with Gasteiger partial charge in [0, 0.05) is 34.2 Å². The van der Waals surface area contributed by atoms with E-state index in [4.69, 9.17) is 0 Å². The van der Waals surface area contributed by atoms with Crippen LogP contribution >= 0.6 is 0 Å². The largest absolute Gasteiger partial charge is 0.348 e. The maximum absolute atomic E-state index is 13.0. The molecule has 31 heavy (non-hydrogen) atoms. The van der Waals surface area contributed by atoms with E-state index >= 15 is 0 Å². The SMILES string of the molecule is CCn1c(=O)c2c(n(C)c1=O)N(n1cnc3c(=O)n(C)c(=O)n(CC(C)C)c31)CN2C.